The molecule has 1 heterocycles. The van der Waals surface area contributed by atoms with Gasteiger partial charge in [-0.1, -0.05) is 33.6 Å². The largest absolute Gasteiger partial charge is 0.426 e. The normalized spacial score (nSPS) is 33.2. The quantitative estimate of drug-likeness (QED) is 0.280. The summed E-state index contributed by atoms with van der Waals surface area (Å²) in [4.78, 5) is 25.1. The second-order valence-electron chi connectivity index (χ2n) is 12.4. The van der Waals surface area contributed by atoms with Gasteiger partial charge in [0.1, 0.15) is 11.5 Å². The summed E-state index contributed by atoms with van der Waals surface area (Å²) in [6, 6.07) is 3.81. The van der Waals surface area contributed by atoms with Gasteiger partial charge in [0, 0.05) is 24.5 Å². The number of aryl methyl sites for hydroxylation is 1. The summed E-state index contributed by atoms with van der Waals surface area (Å²) in [6.45, 7) is 10.6. The second-order valence-corrected chi connectivity index (χ2v) is 12.4. The van der Waals surface area contributed by atoms with Crippen molar-refractivity contribution >= 4 is 11.9 Å². The van der Waals surface area contributed by atoms with E-state index in [1.807, 2.05) is 19.9 Å². The number of ether oxygens (including phenoxy) is 4. The van der Waals surface area contributed by atoms with Gasteiger partial charge in [-0.25, -0.2) is 0 Å². The minimum Gasteiger partial charge on any atom is -0.426 e. The average molecular weight is 513 g/mol. The van der Waals surface area contributed by atoms with E-state index in [0.29, 0.717) is 42.1 Å². The monoisotopic (exact) mass is 512 g/mol. The van der Waals surface area contributed by atoms with Gasteiger partial charge in [0.15, 0.2) is 5.79 Å². The Balaban J connectivity index is 1.44. The summed E-state index contributed by atoms with van der Waals surface area (Å²) in [5.41, 5.74) is 2.43. The lowest BCUT2D eigenvalue weighted by atomic mass is 9.55. The van der Waals surface area contributed by atoms with Gasteiger partial charge in [-0.2, -0.15) is 0 Å². The lowest BCUT2D eigenvalue weighted by molar-refractivity contribution is -0.178. The van der Waals surface area contributed by atoms with Gasteiger partial charge in [0.05, 0.1) is 12.2 Å². The van der Waals surface area contributed by atoms with E-state index in [2.05, 4.69) is 20.8 Å². The van der Waals surface area contributed by atoms with Crippen molar-refractivity contribution in [2.45, 2.75) is 129 Å². The lowest BCUT2D eigenvalue weighted by Crippen LogP contribution is -2.45. The summed E-state index contributed by atoms with van der Waals surface area (Å²) in [6.07, 6.45) is 9.69. The first-order valence-corrected chi connectivity index (χ1v) is 14.6. The molecule has 3 fully saturated rings. The fraction of sp³-hybridized carbons (Fsp3) is 0.742. The molecule has 5 rings (SSSR count). The smallest absolute Gasteiger partial charge is 0.311 e. The highest BCUT2D eigenvalue weighted by Crippen LogP contribution is 2.65. The van der Waals surface area contributed by atoms with Crippen LogP contribution in [0, 0.1) is 17.3 Å². The van der Waals surface area contributed by atoms with Crippen LogP contribution in [0.1, 0.15) is 116 Å². The number of hydrogen-bond acceptors (Lipinski definition) is 6. The van der Waals surface area contributed by atoms with Gasteiger partial charge < -0.3 is 18.9 Å². The molecular formula is C31H44O6. The Morgan fingerprint density at radius 2 is 1.68 bits per heavy atom. The molecule has 0 aromatic heterocycles. The van der Waals surface area contributed by atoms with Crippen LogP contribution in [-0.4, -0.2) is 29.9 Å². The number of esters is 2. The van der Waals surface area contributed by atoms with Crippen molar-refractivity contribution in [3.05, 3.63) is 23.3 Å². The van der Waals surface area contributed by atoms with Crippen LogP contribution in [0.25, 0.3) is 0 Å². The van der Waals surface area contributed by atoms with E-state index in [4.69, 9.17) is 18.9 Å². The third kappa shape index (κ3) is 5.08. The Morgan fingerprint density at radius 1 is 0.973 bits per heavy atom. The highest BCUT2D eigenvalue weighted by molar-refractivity contribution is 5.75. The standard InChI is InChI=1S/C31H44O6/c1-6-8-10-26(32)34-20-16-19-12-13-21-22(28(19)24(17-20)35-27(33)11-9-7-2)14-15-31(5)23(21)18-25-29(31)37-30(3,4)36-25/h16-17,21-23,25,29H,6-15,18H2,1-5H3/t21-,22-,23-,25+,29+,31-/m0/s1. The maximum absolute atomic E-state index is 12.8. The molecule has 0 radical (unpaired) electrons. The molecular weight excluding hydrogens is 468 g/mol. The Bertz CT molecular complexity index is 1030. The molecule has 0 bridgehead atoms. The van der Waals surface area contributed by atoms with Crippen LogP contribution in [0.15, 0.2) is 12.1 Å². The van der Waals surface area contributed by atoms with Crippen LogP contribution in [0.5, 0.6) is 11.5 Å². The maximum Gasteiger partial charge on any atom is 0.311 e. The molecule has 1 aromatic rings. The molecule has 4 aliphatic rings. The molecule has 0 amide bonds. The van der Waals surface area contributed by atoms with Crippen LogP contribution >= 0.6 is 0 Å². The van der Waals surface area contributed by atoms with Crippen molar-refractivity contribution in [3.8, 4) is 11.5 Å². The third-order valence-electron chi connectivity index (χ3n) is 9.44. The van der Waals surface area contributed by atoms with Crippen LogP contribution in [0.3, 0.4) is 0 Å². The van der Waals surface area contributed by atoms with Crippen LogP contribution in [0.2, 0.25) is 0 Å². The van der Waals surface area contributed by atoms with E-state index < -0.39 is 5.79 Å². The Labute approximate surface area is 221 Å². The van der Waals surface area contributed by atoms with Crippen molar-refractivity contribution in [3.63, 3.8) is 0 Å². The zero-order chi connectivity index (χ0) is 26.4. The summed E-state index contributed by atoms with van der Waals surface area (Å²) in [7, 11) is 0. The Hall–Kier alpha value is -1.92. The minimum atomic E-state index is -0.510. The molecule has 37 heavy (non-hydrogen) atoms. The first-order valence-electron chi connectivity index (χ1n) is 14.6. The summed E-state index contributed by atoms with van der Waals surface area (Å²) < 4.78 is 24.5. The predicted molar refractivity (Wildman–Crippen MR) is 141 cm³/mol. The molecule has 204 valence electrons. The van der Waals surface area contributed by atoms with E-state index in [1.165, 1.54) is 0 Å². The molecule has 2 saturated carbocycles. The van der Waals surface area contributed by atoms with Crippen molar-refractivity contribution in [2.75, 3.05) is 0 Å². The average Bonchev–Trinajstić information content (AvgIpc) is 3.30. The summed E-state index contributed by atoms with van der Waals surface area (Å²) in [5, 5.41) is 0. The Morgan fingerprint density at radius 3 is 2.38 bits per heavy atom. The van der Waals surface area contributed by atoms with Gasteiger partial charge in [-0.3, -0.25) is 9.59 Å². The molecule has 6 nitrogen and oxygen atoms in total. The zero-order valence-electron chi connectivity index (χ0n) is 23.3. The van der Waals surface area contributed by atoms with Gasteiger partial charge in [0.25, 0.3) is 0 Å². The molecule has 1 saturated heterocycles. The van der Waals surface area contributed by atoms with Gasteiger partial charge >= 0.3 is 11.9 Å². The highest BCUT2D eigenvalue weighted by atomic mass is 16.8. The topological polar surface area (TPSA) is 71.1 Å². The van der Waals surface area contributed by atoms with Gasteiger partial charge in [-0.15, -0.1) is 0 Å². The highest BCUT2D eigenvalue weighted by Gasteiger charge is 2.63. The first kappa shape index (κ1) is 26.7. The fourth-order valence-electron chi connectivity index (χ4n) is 7.76. The number of fused-ring (bicyclic) bond motifs is 7. The van der Waals surface area contributed by atoms with E-state index in [1.54, 1.807) is 6.07 Å². The molecule has 0 spiro atoms. The summed E-state index contributed by atoms with van der Waals surface area (Å²) >= 11 is 0. The van der Waals surface area contributed by atoms with Crippen LogP contribution < -0.4 is 9.47 Å². The van der Waals surface area contributed by atoms with Crippen LogP contribution in [-0.2, 0) is 25.5 Å². The van der Waals surface area contributed by atoms with E-state index in [9.17, 15) is 9.59 Å². The molecule has 6 heteroatoms. The van der Waals surface area contributed by atoms with Gasteiger partial charge in [-0.05, 0) is 93.6 Å². The number of hydrogen-bond donors (Lipinski definition) is 0. The van der Waals surface area contributed by atoms with E-state index in [0.717, 1.165) is 68.9 Å². The summed E-state index contributed by atoms with van der Waals surface area (Å²) in [5.74, 6) is 1.49. The van der Waals surface area contributed by atoms with Crippen molar-refractivity contribution < 1.29 is 28.5 Å². The van der Waals surface area contributed by atoms with Crippen LogP contribution in [0.4, 0.5) is 0 Å². The van der Waals surface area contributed by atoms with E-state index in [-0.39, 0.29) is 29.6 Å². The third-order valence-corrected chi connectivity index (χ3v) is 9.44. The maximum atomic E-state index is 12.8. The molecule has 1 aliphatic heterocycles. The second kappa shape index (κ2) is 10.3. The Kier molecular flexibility index (Phi) is 7.45. The number of benzene rings is 1. The van der Waals surface area contributed by atoms with Crippen molar-refractivity contribution in [1.82, 2.24) is 0 Å². The zero-order valence-corrected chi connectivity index (χ0v) is 23.3. The fourth-order valence-corrected chi connectivity index (χ4v) is 7.76. The predicted octanol–water partition coefficient (Wildman–Crippen LogP) is 6.86. The van der Waals surface area contributed by atoms with Crippen molar-refractivity contribution in [2.24, 2.45) is 17.3 Å². The first-order chi connectivity index (χ1) is 17.6. The molecule has 3 aliphatic carbocycles. The SMILES string of the molecule is CCCCC(=O)Oc1cc2c(c(OC(=O)CCCC)c1)[C@H]1CC[C@]3(C)[C@@H]4OC(C)(C)O[C@@H]4C[C@H]3[C@H]1CC2. The number of carbonyl (C=O) groups is 2. The number of rotatable bonds is 8. The molecule has 0 N–H and O–H groups in total. The van der Waals surface area contributed by atoms with Gasteiger partial charge in [0.2, 0.25) is 0 Å². The number of carbonyl (C=O) groups excluding carboxylic acids is 2. The molecule has 6 atom stereocenters. The van der Waals surface area contributed by atoms with E-state index >= 15 is 0 Å². The minimum absolute atomic E-state index is 0.101. The molecule has 1 aromatic carbocycles. The molecule has 0 unspecified atom stereocenters. The number of unbranched alkanes of at least 4 members (excludes halogenated alkanes) is 2. The van der Waals surface area contributed by atoms with Crippen molar-refractivity contribution in [1.29, 1.82) is 0 Å². The lowest BCUT2D eigenvalue weighted by Gasteiger charge is -2.50.